The second-order valence-corrected chi connectivity index (χ2v) is 6.01. The van der Waals surface area contributed by atoms with E-state index in [1.165, 1.54) is 11.5 Å². The summed E-state index contributed by atoms with van der Waals surface area (Å²) in [6.07, 6.45) is 0.760. The molecule has 3 aromatic rings. The molecule has 0 amide bonds. The first-order valence-electron chi connectivity index (χ1n) is 7.26. The number of nitrogens with one attached hydrogen (secondary N) is 2. The Balaban J connectivity index is 1.55. The lowest BCUT2D eigenvalue weighted by Gasteiger charge is -1.99. The van der Waals surface area contributed by atoms with Gasteiger partial charge in [-0.15, -0.1) is 0 Å². The smallest absolute Gasteiger partial charge is 0.202 e. The van der Waals surface area contributed by atoms with Gasteiger partial charge in [-0.2, -0.15) is 9.47 Å². The average molecular weight is 314 g/mol. The highest BCUT2D eigenvalue weighted by atomic mass is 32.1. The molecule has 0 fully saturated rings. The lowest BCUT2D eigenvalue weighted by atomic mass is 10.2. The number of hydrogen-bond acceptors (Lipinski definition) is 6. The van der Waals surface area contributed by atoms with E-state index >= 15 is 0 Å². The topological polar surface area (TPSA) is 79.4 Å². The molecule has 0 aliphatic rings. The number of aromatic amines is 1. The van der Waals surface area contributed by atoms with Crippen LogP contribution in [0.1, 0.15) is 31.4 Å². The number of nitrogens with zero attached hydrogens (tertiary/aromatic N) is 4. The maximum absolute atomic E-state index is 4.51. The van der Waals surface area contributed by atoms with Crippen LogP contribution in [-0.2, 0) is 6.42 Å². The summed E-state index contributed by atoms with van der Waals surface area (Å²) < 4.78 is 4.32. The highest BCUT2D eigenvalue weighted by molar-refractivity contribution is 7.09. The van der Waals surface area contributed by atoms with Gasteiger partial charge in [0.15, 0.2) is 5.82 Å². The van der Waals surface area contributed by atoms with Crippen LogP contribution in [0.25, 0.3) is 11.4 Å². The van der Waals surface area contributed by atoms with E-state index in [4.69, 9.17) is 0 Å². The van der Waals surface area contributed by atoms with E-state index in [0.717, 1.165) is 41.1 Å². The predicted octanol–water partition coefficient (Wildman–Crippen LogP) is 3.10. The zero-order valence-electron chi connectivity index (χ0n) is 12.6. The predicted molar refractivity (Wildman–Crippen MR) is 88.0 cm³/mol. The van der Waals surface area contributed by atoms with Crippen molar-refractivity contribution in [2.75, 3.05) is 11.9 Å². The number of benzene rings is 1. The fraction of sp³-hybridized carbons (Fsp3) is 0.333. The van der Waals surface area contributed by atoms with Crippen LogP contribution in [0.4, 0.5) is 5.13 Å². The molecule has 0 bridgehead atoms. The number of aromatic nitrogens is 5. The largest absolute Gasteiger partial charge is 0.360 e. The summed E-state index contributed by atoms with van der Waals surface area (Å²) in [4.78, 5) is 8.95. The molecule has 0 aliphatic heterocycles. The van der Waals surface area contributed by atoms with E-state index in [0.29, 0.717) is 5.92 Å². The molecular weight excluding hydrogens is 296 g/mol. The zero-order chi connectivity index (χ0) is 15.4. The monoisotopic (exact) mass is 314 g/mol. The molecule has 22 heavy (non-hydrogen) atoms. The third-order valence-electron chi connectivity index (χ3n) is 3.16. The van der Waals surface area contributed by atoms with Gasteiger partial charge in [0.25, 0.3) is 0 Å². The molecular formula is C15H18N6S. The lowest BCUT2D eigenvalue weighted by molar-refractivity contribution is 0.798. The second-order valence-electron chi connectivity index (χ2n) is 5.26. The maximum Gasteiger partial charge on any atom is 0.202 e. The summed E-state index contributed by atoms with van der Waals surface area (Å²) in [5.74, 6) is 2.83. The standard InChI is InChI=1S/C15H18N6S/c1-10(2)13-18-15(22-21-13)16-9-8-12-17-14(20-19-12)11-6-4-3-5-7-11/h3-7,10H,8-9H2,1-2H3,(H,16,18,21)(H,17,19,20). The van der Waals surface area contributed by atoms with Crippen LogP contribution in [0.15, 0.2) is 30.3 Å². The van der Waals surface area contributed by atoms with Crippen molar-refractivity contribution in [3.8, 4) is 11.4 Å². The fourth-order valence-electron chi connectivity index (χ4n) is 1.95. The molecule has 0 atom stereocenters. The molecule has 2 N–H and O–H groups in total. The Kier molecular flexibility index (Phi) is 4.43. The van der Waals surface area contributed by atoms with Gasteiger partial charge in [0, 0.05) is 36.0 Å². The minimum atomic E-state index is 0.356. The van der Waals surface area contributed by atoms with Gasteiger partial charge in [0.1, 0.15) is 11.6 Å². The van der Waals surface area contributed by atoms with Crippen molar-refractivity contribution in [3.63, 3.8) is 0 Å². The Morgan fingerprint density at radius 3 is 2.73 bits per heavy atom. The molecule has 0 aliphatic carbocycles. The minimum Gasteiger partial charge on any atom is -0.360 e. The first kappa shape index (κ1) is 14.6. The molecule has 0 radical (unpaired) electrons. The van der Waals surface area contributed by atoms with Crippen LogP contribution in [0, 0.1) is 0 Å². The molecule has 2 aromatic heterocycles. The van der Waals surface area contributed by atoms with Crippen molar-refractivity contribution in [1.82, 2.24) is 24.5 Å². The Morgan fingerprint density at radius 2 is 2.00 bits per heavy atom. The number of H-pyrrole nitrogens is 1. The summed E-state index contributed by atoms with van der Waals surface area (Å²) in [6.45, 7) is 4.92. The summed E-state index contributed by atoms with van der Waals surface area (Å²) in [5.41, 5.74) is 1.02. The van der Waals surface area contributed by atoms with Crippen molar-refractivity contribution < 1.29 is 0 Å². The van der Waals surface area contributed by atoms with Crippen LogP contribution in [0.2, 0.25) is 0 Å². The van der Waals surface area contributed by atoms with E-state index in [9.17, 15) is 0 Å². The van der Waals surface area contributed by atoms with Crippen molar-refractivity contribution >= 4 is 16.7 Å². The Hall–Kier alpha value is -2.28. The second kappa shape index (κ2) is 6.65. The molecule has 2 heterocycles. The van der Waals surface area contributed by atoms with Crippen molar-refractivity contribution in [3.05, 3.63) is 42.0 Å². The van der Waals surface area contributed by atoms with Crippen molar-refractivity contribution in [2.45, 2.75) is 26.2 Å². The number of anilines is 1. The first-order valence-corrected chi connectivity index (χ1v) is 8.04. The van der Waals surface area contributed by atoms with Gasteiger partial charge in [-0.1, -0.05) is 44.2 Å². The normalized spacial score (nSPS) is 11.0. The Bertz CT molecular complexity index is 718. The van der Waals surface area contributed by atoms with Crippen molar-refractivity contribution in [2.24, 2.45) is 0 Å². The van der Waals surface area contributed by atoms with E-state index in [-0.39, 0.29) is 0 Å². The van der Waals surface area contributed by atoms with E-state index < -0.39 is 0 Å². The third kappa shape index (κ3) is 3.48. The molecule has 0 spiro atoms. The minimum absolute atomic E-state index is 0.356. The molecule has 3 rings (SSSR count). The van der Waals surface area contributed by atoms with Gasteiger partial charge in [-0.25, -0.2) is 9.97 Å². The van der Waals surface area contributed by atoms with Gasteiger partial charge in [0.2, 0.25) is 5.13 Å². The van der Waals surface area contributed by atoms with Gasteiger partial charge >= 0.3 is 0 Å². The molecule has 0 saturated heterocycles. The maximum atomic E-state index is 4.51. The van der Waals surface area contributed by atoms with E-state index in [2.05, 4.69) is 43.7 Å². The Labute approximate surface area is 133 Å². The fourth-order valence-corrected chi connectivity index (χ4v) is 2.69. The SMILES string of the molecule is CC(C)c1nsc(NCCc2nc(-c3ccccc3)n[nH]2)n1. The van der Waals surface area contributed by atoms with Gasteiger partial charge in [0.05, 0.1) is 0 Å². The number of hydrogen-bond donors (Lipinski definition) is 2. The number of rotatable bonds is 6. The quantitative estimate of drug-likeness (QED) is 0.731. The van der Waals surface area contributed by atoms with Crippen LogP contribution < -0.4 is 5.32 Å². The lowest BCUT2D eigenvalue weighted by Crippen LogP contribution is -2.06. The van der Waals surface area contributed by atoms with Gasteiger partial charge in [-0.05, 0) is 0 Å². The highest BCUT2D eigenvalue weighted by Gasteiger charge is 2.08. The average Bonchev–Trinajstić information content (AvgIpc) is 3.18. The molecule has 7 heteroatoms. The molecule has 0 unspecified atom stereocenters. The summed E-state index contributed by atoms with van der Waals surface area (Å²) in [7, 11) is 0. The molecule has 1 aromatic carbocycles. The van der Waals surface area contributed by atoms with Crippen LogP contribution in [0.3, 0.4) is 0 Å². The van der Waals surface area contributed by atoms with Crippen LogP contribution in [0.5, 0.6) is 0 Å². The molecule has 0 saturated carbocycles. The zero-order valence-corrected chi connectivity index (χ0v) is 13.4. The molecule has 114 valence electrons. The summed E-state index contributed by atoms with van der Waals surface area (Å²) in [5, 5.41) is 11.4. The van der Waals surface area contributed by atoms with Gasteiger partial charge < -0.3 is 5.32 Å². The van der Waals surface area contributed by atoms with E-state index in [1.54, 1.807) is 0 Å². The van der Waals surface area contributed by atoms with Crippen molar-refractivity contribution in [1.29, 1.82) is 0 Å². The molecule has 6 nitrogen and oxygen atoms in total. The van der Waals surface area contributed by atoms with Crippen LogP contribution >= 0.6 is 11.5 Å². The highest BCUT2D eigenvalue weighted by Crippen LogP contribution is 2.17. The summed E-state index contributed by atoms with van der Waals surface area (Å²) >= 11 is 1.40. The third-order valence-corrected chi connectivity index (χ3v) is 3.85. The summed E-state index contributed by atoms with van der Waals surface area (Å²) in [6, 6.07) is 9.94. The Morgan fingerprint density at radius 1 is 1.18 bits per heavy atom. The first-order chi connectivity index (χ1) is 10.7. The van der Waals surface area contributed by atoms with Gasteiger partial charge in [-0.3, -0.25) is 5.10 Å². The van der Waals surface area contributed by atoms with E-state index in [1.807, 2.05) is 30.3 Å². The van der Waals surface area contributed by atoms with Crippen LogP contribution in [-0.4, -0.2) is 31.1 Å².